The van der Waals surface area contributed by atoms with E-state index in [-0.39, 0.29) is 11.7 Å². The Balaban J connectivity index is 2.07. The molecule has 2 rings (SSSR count). The lowest BCUT2D eigenvalue weighted by Crippen LogP contribution is -2.53. The van der Waals surface area contributed by atoms with E-state index >= 15 is 0 Å². The standard InChI is InChI=1S/C17H33NO3/c1-5-8-18-15(16(19-4)13(2)3)14-6-9-21-17(11-14)7-10-20-12-17/h13-16,18H,5-12H2,1-4H3. The van der Waals surface area contributed by atoms with Crippen LogP contribution in [0.2, 0.25) is 0 Å². The maximum atomic E-state index is 6.09. The number of nitrogens with one attached hydrogen (secondary N) is 1. The molecule has 0 bridgehead atoms. The molecule has 0 radical (unpaired) electrons. The van der Waals surface area contributed by atoms with Gasteiger partial charge >= 0.3 is 0 Å². The van der Waals surface area contributed by atoms with Crippen molar-refractivity contribution in [1.82, 2.24) is 5.32 Å². The minimum absolute atomic E-state index is 0.0235. The zero-order chi connectivity index (χ0) is 15.3. The summed E-state index contributed by atoms with van der Waals surface area (Å²) in [6, 6.07) is 0.413. The molecule has 124 valence electrons. The molecule has 0 aromatic heterocycles. The fourth-order valence-electron chi connectivity index (χ4n) is 3.93. The van der Waals surface area contributed by atoms with Gasteiger partial charge in [-0.15, -0.1) is 0 Å². The van der Waals surface area contributed by atoms with Crippen molar-refractivity contribution in [1.29, 1.82) is 0 Å². The molecule has 1 N–H and O–H groups in total. The van der Waals surface area contributed by atoms with Gasteiger partial charge in [-0.3, -0.25) is 0 Å². The minimum Gasteiger partial charge on any atom is -0.380 e. The van der Waals surface area contributed by atoms with Crippen molar-refractivity contribution in [2.24, 2.45) is 11.8 Å². The Kier molecular flexibility index (Phi) is 6.48. The summed E-state index contributed by atoms with van der Waals surface area (Å²) in [5.74, 6) is 1.13. The SMILES string of the molecule is CCCNC(C1CCOC2(CCOC2)C1)C(OC)C(C)C. The summed E-state index contributed by atoms with van der Waals surface area (Å²) in [4.78, 5) is 0. The summed E-state index contributed by atoms with van der Waals surface area (Å²) in [5.41, 5.74) is -0.0235. The molecule has 1 spiro atoms. The Morgan fingerprint density at radius 1 is 1.33 bits per heavy atom. The van der Waals surface area contributed by atoms with Gasteiger partial charge in [0.05, 0.1) is 18.3 Å². The van der Waals surface area contributed by atoms with Crippen LogP contribution in [0.1, 0.15) is 46.5 Å². The van der Waals surface area contributed by atoms with E-state index < -0.39 is 0 Å². The maximum Gasteiger partial charge on any atom is 0.0939 e. The van der Waals surface area contributed by atoms with Gasteiger partial charge in [-0.05, 0) is 37.6 Å². The summed E-state index contributed by atoms with van der Waals surface area (Å²) in [6.45, 7) is 10.2. The first-order valence-corrected chi connectivity index (χ1v) is 8.60. The molecule has 4 nitrogen and oxygen atoms in total. The van der Waals surface area contributed by atoms with Gasteiger partial charge < -0.3 is 19.5 Å². The second-order valence-electron chi connectivity index (χ2n) is 7.01. The van der Waals surface area contributed by atoms with E-state index in [1.54, 1.807) is 0 Å². The van der Waals surface area contributed by atoms with Crippen molar-refractivity contribution in [2.45, 2.75) is 64.2 Å². The predicted octanol–water partition coefficient (Wildman–Crippen LogP) is 2.61. The smallest absolute Gasteiger partial charge is 0.0939 e. The molecule has 2 aliphatic heterocycles. The number of hydrogen-bond donors (Lipinski definition) is 1. The van der Waals surface area contributed by atoms with Crippen LogP contribution in [0.15, 0.2) is 0 Å². The molecule has 4 heteroatoms. The zero-order valence-corrected chi connectivity index (χ0v) is 14.2. The molecule has 21 heavy (non-hydrogen) atoms. The van der Waals surface area contributed by atoms with E-state index in [0.29, 0.717) is 17.9 Å². The van der Waals surface area contributed by atoms with E-state index in [1.165, 1.54) is 0 Å². The third kappa shape index (κ3) is 4.19. The highest BCUT2D eigenvalue weighted by Crippen LogP contribution is 2.38. The molecule has 0 aliphatic carbocycles. The quantitative estimate of drug-likeness (QED) is 0.784. The first-order valence-electron chi connectivity index (χ1n) is 8.60. The number of ether oxygens (including phenoxy) is 3. The minimum atomic E-state index is -0.0235. The molecule has 4 atom stereocenters. The highest BCUT2D eigenvalue weighted by Gasteiger charge is 2.44. The zero-order valence-electron chi connectivity index (χ0n) is 14.2. The highest BCUT2D eigenvalue weighted by molar-refractivity contribution is 4.96. The van der Waals surface area contributed by atoms with Gasteiger partial charge in [0.2, 0.25) is 0 Å². The van der Waals surface area contributed by atoms with E-state index in [9.17, 15) is 0 Å². The van der Waals surface area contributed by atoms with Crippen LogP contribution < -0.4 is 5.32 Å². The largest absolute Gasteiger partial charge is 0.380 e. The molecule has 0 aromatic carbocycles. The van der Waals surface area contributed by atoms with Gasteiger partial charge in [0.1, 0.15) is 0 Å². The normalized spacial score (nSPS) is 32.7. The monoisotopic (exact) mass is 299 g/mol. The van der Waals surface area contributed by atoms with Crippen LogP contribution in [-0.2, 0) is 14.2 Å². The van der Waals surface area contributed by atoms with Crippen molar-refractivity contribution < 1.29 is 14.2 Å². The molecule has 2 fully saturated rings. The third-order valence-electron chi connectivity index (χ3n) is 5.02. The number of rotatable bonds is 7. The van der Waals surface area contributed by atoms with Crippen molar-refractivity contribution in [2.75, 3.05) is 33.5 Å². The maximum absolute atomic E-state index is 6.09. The molecule has 0 saturated carbocycles. The first-order chi connectivity index (χ1) is 10.1. The molecule has 2 aliphatic rings. The van der Waals surface area contributed by atoms with Gasteiger partial charge in [0.25, 0.3) is 0 Å². The van der Waals surface area contributed by atoms with Crippen LogP contribution >= 0.6 is 0 Å². The summed E-state index contributed by atoms with van der Waals surface area (Å²) < 4.78 is 17.5. The molecule has 0 amide bonds. The van der Waals surface area contributed by atoms with Crippen LogP contribution in [0.25, 0.3) is 0 Å². The summed E-state index contributed by atoms with van der Waals surface area (Å²) in [5, 5.41) is 3.76. The fraction of sp³-hybridized carbons (Fsp3) is 1.00. The van der Waals surface area contributed by atoms with E-state index in [0.717, 1.165) is 52.0 Å². The van der Waals surface area contributed by atoms with Crippen LogP contribution in [-0.4, -0.2) is 51.2 Å². The van der Waals surface area contributed by atoms with Crippen LogP contribution in [0, 0.1) is 11.8 Å². The van der Waals surface area contributed by atoms with Crippen LogP contribution in [0.3, 0.4) is 0 Å². The van der Waals surface area contributed by atoms with Gasteiger partial charge in [0.15, 0.2) is 0 Å². The van der Waals surface area contributed by atoms with Crippen LogP contribution in [0.4, 0.5) is 0 Å². The van der Waals surface area contributed by atoms with Gasteiger partial charge in [-0.2, -0.15) is 0 Å². The molecule has 2 heterocycles. The van der Waals surface area contributed by atoms with E-state index in [1.807, 2.05) is 7.11 Å². The third-order valence-corrected chi connectivity index (χ3v) is 5.02. The van der Waals surface area contributed by atoms with E-state index in [4.69, 9.17) is 14.2 Å². The molecule has 4 unspecified atom stereocenters. The lowest BCUT2D eigenvalue weighted by atomic mass is 9.77. The molecule has 2 saturated heterocycles. The van der Waals surface area contributed by atoms with E-state index in [2.05, 4.69) is 26.1 Å². The average molecular weight is 299 g/mol. The fourth-order valence-corrected chi connectivity index (χ4v) is 3.93. The Morgan fingerprint density at radius 2 is 2.14 bits per heavy atom. The van der Waals surface area contributed by atoms with Crippen molar-refractivity contribution in [3.05, 3.63) is 0 Å². The predicted molar refractivity (Wildman–Crippen MR) is 84.6 cm³/mol. The summed E-state index contributed by atoms with van der Waals surface area (Å²) in [6.07, 6.45) is 4.68. The number of hydrogen-bond acceptors (Lipinski definition) is 4. The van der Waals surface area contributed by atoms with Gasteiger partial charge in [-0.25, -0.2) is 0 Å². The first kappa shape index (κ1) is 17.2. The Labute approximate surface area is 129 Å². The highest BCUT2D eigenvalue weighted by atomic mass is 16.6. The van der Waals surface area contributed by atoms with Gasteiger partial charge in [0, 0.05) is 32.8 Å². The molecular formula is C17H33NO3. The lowest BCUT2D eigenvalue weighted by Gasteiger charge is -2.43. The number of methoxy groups -OCH3 is 1. The molecule has 0 aromatic rings. The second kappa shape index (κ2) is 7.91. The van der Waals surface area contributed by atoms with Crippen molar-refractivity contribution in [3.8, 4) is 0 Å². The average Bonchev–Trinajstić information content (AvgIpc) is 2.90. The Hall–Kier alpha value is -0.160. The topological polar surface area (TPSA) is 39.7 Å². The second-order valence-corrected chi connectivity index (χ2v) is 7.01. The van der Waals surface area contributed by atoms with Crippen molar-refractivity contribution in [3.63, 3.8) is 0 Å². The van der Waals surface area contributed by atoms with Crippen molar-refractivity contribution >= 4 is 0 Å². The van der Waals surface area contributed by atoms with Crippen LogP contribution in [0.5, 0.6) is 0 Å². The summed E-state index contributed by atoms with van der Waals surface area (Å²) >= 11 is 0. The Morgan fingerprint density at radius 3 is 2.71 bits per heavy atom. The lowest BCUT2D eigenvalue weighted by molar-refractivity contribution is -0.113. The molecular weight excluding hydrogens is 266 g/mol. The van der Waals surface area contributed by atoms with Gasteiger partial charge in [-0.1, -0.05) is 20.8 Å². The summed E-state index contributed by atoms with van der Waals surface area (Å²) in [7, 11) is 1.85. The Bertz CT molecular complexity index is 302.